The zero-order valence-electron chi connectivity index (χ0n) is 30.0. The molecule has 0 rings (SSSR count). The highest BCUT2D eigenvalue weighted by Crippen LogP contribution is 2.17. The highest BCUT2D eigenvalue weighted by molar-refractivity contribution is 4.53. The molecule has 0 bridgehead atoms. The Bertz CT molecular complexity index is 466. The van der Waals surface area contributed by atoms with Crippen molar-refractivity contribution in [2.45, 2.75) is 226 Å². The Morgan fingerprint density at radius 2 is 0.535 bits per heavy atom. The lowest BCUT2D eigenvalue weighted by Crippen LogP contribution is -3.00. The van der Waals surface area contributed by atoms with E-state index in [0.29, 0.717) is 6.54 Å². The molecule has 3 nitrogen and oxygen atoms in total. The Hall–Kier alpha value is 0.170. The number of nitrogens with zero attached hydrogens (tertiary/aromatic N) is 1. The van der Waals surface area contributed by atoms with Gasteiger partial charge in [-0.05, 0) is 25.7 Å². The van der Waals surface area contributed by atoms with E-state index >= 15 is 0 Å². The number of unbranched alkanes of at least 4 members (excludes halogenated alkanes) is 30. The summed E-state index contributed by atoms with van der Waals surface area (Å²) in [5.74, 6) is 0. The van der Waals surface area contributed by atoms with Crippen LogP contribution in [0.1, 0.15) is 219 Å². The van der Waals surface area contributed by atoms with Crippen LogP contribution in [-0.2, 0) is 0 Å². The standard InChI is InChI=1S/C39H82NO2.ClH/c1-4-6-8-10-12-14-16-18-20-22-24-26-28-30-32-34-36-40(3,38-39(41)42)37-35-33-31-29-27-25-23-21-19-17-15-13-11-9-7-5-2;/h39,41-42H,4-38H2,1-3H3;1H/q+1;/p-1. The van der Waals surface area contributed by atoms with E-state index in [1.807, 2.05) is 0 Å². The molecule has 0 radical (unpaired) electrons. The smallest absolute Gasteiger partial charge is 0.202 e. The first-order valence-corrected chi connectivity index (χ1v) is 19.7. The molecule has 0 spiro atoms. The second kappa shape index (κ2) is 36.6. The average molecular weight is 633 g/mol. The Labute approximate surface area is 278 Å². The molecule has 4 heteroatoms. The summed E-state index contributed by atoms with van der Waals surface area (Å²) in [5.41, 5.74) is 0. The van der Waals surface area contributed by atoms with Crippen molar-refractivity contribution in [3.8, 4) is 0 Å². The number of rotatable bonds is 36. The van der Waals surface area contributed by atoms with Gasteiger partial charge in [-0.15, -0.1) is 0 Å². The third-order valence-corrected chi connectivity index (χ3v) is 9.71. The van der Waals surface area contributed by atoms with E-state index in [9.17, 15) is 10.2 Å². The summed E-state index contributed by atoms with van der Waals surface area (Å²) in [4.78, 5) is 0. The normalized spacial score (nSPS) is 11.9. The van der Waals surface area contributed by atoms with Crippen LogP contribution in [-0.4, -0.2) is 47.7 Å². The van der Waals surface area contributed by atoms with Crippen molar-refractivity contribution in [1.82, 2.24) is 0 Å². The van der Waals surface area contributed by atoms with Gasteiger partial charge in [0.05, 0.1) is 20.1 Å². The van der Waals surface area contributed by atoms with E-state index in [-0.39, 0.29) is 12.4 Å². The average Bonchev–Trinajstić information content (AvgIpc) is 2.96. The lowest BCUT2D eigenvalue weighted by atomic mass is 10.0. The van der Waals surface area contributed by atoms with E-state index in [2.05, 4.69) is 20.9 Å². The number of quaternary nitrogens is 1. The zero-order chi connectivity index (χ0) is 30.8. The van der Waals surface area contributed by atoms with Crippen LogP contribution in [0.4, 0.5) is 0 Å². The van der Waals surface area contributed by atoms with Crippen LogP contribution in [0.3, 0.4) is 0 Å². The number of aliphatic hydroxyl groups is 2. The van der Waals surface area contributed by atoms with Crippen LogP contribution in [0.2, 0.25) is 0 Å². The minimum absolute atomic E-state index is 0. The summed E-state index contributed by atoms with van der Waals surface area (Å²) in [6, 6.07) is 0. The first kappa shape index (κ1) is 45.3. The second-order valence-electron chi connectivity index (χ2n) is 14.3. The fraction of sp³-hybridized carbons (Fsp3) is 1.00. The van der Waals surface area contributed by atoms with Gasteiger partial charge in [0.2, 0.25) is 6.29 Å². The molecule has 2 N–H and O–H groups in total. The van der Waals surface area contributed by atoms with Crippen LogP contribution in [0.15, 0.2) is 0 Å². The zero-order valence-corrected chi connectivity index (χ0v) is 30.8. The predicted octanol–water partition coefficient (Wildman–Crippen LogP) is 9.27. The van der Waals surface area contributed by atoms with Crippen molar-refractivity contribution in [2.24, 2.45) is 0 Å². The number of halogens is 1. The minimum Gasteiger partial charge on any atom is -1.00 e. The molecule has 0 aromatic heterocycles. The predicted molar refractivity (Wildman–Crippen MR) is 188 cm³/mol. The summed E-state index contributed by atoms with van der Waals surface area (Å²) in [7, 11) is 2.25. The number of hydrogen-bond donors (Lipinski definition) is 2. The Balaban J connectivity index is 0. The summed E-state index contributed by atoms with van der Waals surface area (Å²) >= 11 is 0. The maximum absolute atomic E-state index is 9.70. The number of hydrogen-bond acceptors (Lipinski definition) is 2. The van der Waals surface area contributed by atoms with Crippen molar-refractivity contribution >= 4 is 0 Å². The van der Waals surface area contributed by atoms with Crippen molar-refractivity contribution in [2.75, 3.05) is 26.7 Å². The first-order valence-electron chi connectivity index (χ1n) is 19.7. The molecular weight excluding hydrogens is 550 g/mol. The van der Waals surface area contributed by atoms with E-state index in [1.54, 1.807) is 0 Å². The molecule has 262 valence electrons. The molecule has 0 amide bonds. The second-order valence-corrected chi connectivity index (χ2v) is 14.3. The maximum Gasteiger partial charge on any atom is 0.202 e. The molecule has 0 saturated heterocycles. The topological polar surface area (TPSA) is 40.5 Å². The van der Waals surface area contributed by atoms with Crippen LogP contribution >= 0.6 is 0 Å². The maximum atomic E-state index is 9.70. The molecule has 0 aliphatic carbocycles. The molecule has 0 unspecified atom stereocenters. The molecule has 0 fully saturated rings. The molecule has 0 saturated carbocycles. The van der Waals surface area contributed by atoms with E-state index in [1.165, 1.54) is 205 Å². The van der Waals surface area contributed by atoms with Gasteiger partial charge in [-0.1, -0.05) is 194 Å². The van der Waals surface area contributed by atoms with Crippen molar-refractivity contribution in [3.63, 3.8) is 0 Å². The summed E-state index contributed by atoms with van der Waals surface area (Å²) < 4.78 is 0.828. The van der Waals surface area contributed by atoms with Gasteiger partial charge in [-0.3, -0.25) is 0 Å². The van der Waals surface area contributed by atoms with Gasteiger partial charge in [-0.2, -0.15) is 0 Å². The van der Waals surface area contributed by atoms with Gasteiger partial charge in [0.1, 0.15) is 6.54 Å². The van der Waals surface area contributed by atoms with Gasteiger partial charge in [0.15, 0.2) is 0 Å². The highest BCUT2D eigenvalue weighted by atomic mass is 35.5. The third kappa shape index (κ3) is 36.5. The lowest BCUT2D eigenvalue weighted by molar-refractivity contribution is -0.915. The summed E-state index contributed by atoms with van der Waals surface area (Å²) in [5, 5.41) is 19.4. The Morgan fingerprint density at radius 3 is 0.721 bits per heavy atom. The third-order valence-electron chi connectivity index (χ3n) is 9.71. The summed E-state index contributed by atoms with van der Waals surface area (Å²) in [6.07, 6.45) is 43.6. The molecule has 0 aliphatic heterocycles. The van der Waals surface area contributed by atoms with Crippen molar-refractivity contribution < 1.29 is 27.1 Å². The quantitative estimate of drug-likeness (QED) is 0.0411. The van der Waals surface area contributed by atoms with Crippen LogP contribution in [0, 0.1) is 0 Å². The molecule has 0 aliphatic rings. The van der Waals surface area contributed by atoms with Crippen LogP contribution in [0.5, 0.6) is 0 Å². The van der Waals surface area contributed by atoms with Gasteiger partial charge < -0.3 is 27.1 Å². The monoisotopic (exact) mass is 632 g/mol. The van der Waals surface area contributed by atoms with Gasteiger partial charge in [0, 0.05) is 0 Å². The van der Waals surface area contributed by atoms with E-state index in [4.69, 9.17) is 0 Å². The van der Waals surface area contributed by atoms with E-state index < -0.39 is 6.29 Å². The Morgan fingerprint density at radius 1 is 0.349 bits per heavy atom. The molecular formula is C39H82ClNO2. The largest absolute Gasteiger partial charge is 1.00 e. The lowest BCUT2D eigenvalue weighted by Gasteiger charge is -2.35. The molecule has 0 aromatic carbocycles. The SMILES string of the molecule is CCCCCCCCCCCCCCCCCC[N+](C)(CCCCCCCCCCCCCCCCCC)CC(O)O.[Cl-]. The van der Waals surface area contributed by atoms with Crippen molar-refractivity contribution in [3.05, 3.63) is 0 Å². The highest BCUT2D eigenvalue weighted by Gasteiger charge is 2.23. The molecule has 43 heavy (non-hydrogen) atoms. The first-order chi connectivity index (χ1) is 20.5. The molecule has 0 heterocycles. The number of aliphatic hydroxyl groups excluding tert-OH is 1. The van der Waals surface area contributed by atoms with Crippen molar-refractivity contribution in [1.29, 1.82) is 0 Å². The molecule has 0 atom stereocenters. The summed E-state index contributed by atoms with van der Waals surface area (Å²) in [6.45, 7) is 7.26. The van der Waals surface area contributed by atoms with Gasteiger partial charge in [-0.25, -0.2) is 0 Å². The molecule has 0 aromatic rings. The fourth-order valence-electron chi connectivity index (χ4n) is 6.77. The fourth-order valence-corrected chi connectivity index (χ4v) is 6.77. The Kier molecular flexibility index (Phi) is 38.6. The van der Waals surface area contributed by atoms with Crippen LogP contribution in [0.25, 0.3) is 0 Å². The van der Waals surface area contributed by atoms with Gasteiger partial charge >= 0.3 is 0 Å². The minimum atomic E-state index is -1.18. The van der Waals surface area contributed by atoms with Gasteiger partial charge in [0.25, 0.3) is 0 Å². The van der Waals surface area contributed by atoms with E-state index in [0.717, 1.165) is 17.6 Å². The van der Waals surface area contributed by atoms with Crippen LogP contribution < -0.4 is 12.4 Å². The number of likely N-dealkylation sites (N-methyl/N-ethyl adjacent to an activating group) is 1.